The Kier molecular flexibility index (Phi) is 5.87. The van der Waals surface area contributed by atoms with Gasteiger partial charge in [0.15, 0.2) is 0 Å². The quantitative estimate of drug-likeness (QED) is 0.394. The molecule has 0 saturated heterocycles. The van der Waals surface area contributed by atoms with Crippen molar-refractivity contribution >= 4 is 0 Å². The first-order valence-electron chi connectivity index (χ1n) is 6.14. The summed E-state index contributed by atoms with van der Waals surface area (Å²) >= 11 is 0. The van der Waals surface area contributed by atoms with Gasteiger partial charge < -0.3 is 9.84 Å². The third-order valence-electron chi connectivity index (χ3n) is 3.97. The second-order valence-corrected chi connectivity index (χ2v) is 5.38. The Bertz CT molecular complexity index is 378. The standard InChI is InChI=1S/C12H13F6O2.Na/c13-11(14,15)10(19,12(16,17)18)6-20-5-9-4-7-1-2-8(9)3-7;/h1-2,7-9H,3-6H2;/q-1;+1. The Morgan fingerprint density at radius 3 is 1.95 bits per heavy atom. The fourth-order valence-electron chi connectivity index (χ4n) is 2.76. The van der Waals surface area contributed by atoms with Crippen molar-refractivity contribution in [2.75, 3.05) is 13.2 Å². The van der Waals surface area contributed by atoms with Gasteiger partial charge >= 0.3 is 41.9 Å². The molecule has 1 saturated carbocycles. The summed E-state index contributed by atoms with van der Waals surface area (Å²) in [4.78, 5) is 0. The topological polar surface area (TPSA) is 32.3 Å². The largest absolute Gasteiger partial charge is 1.00 e. The molecule has 0 radical (unpaired) electrons. The predicted octanol–water partition coefficient (Wildman–Crippen LogP) is -0.557. The number of fused-ring (bicyclic) bond motifs is 2. The van der Waals surface area contributed by atoms with Crippen LogP contribution in [0.1, 0.15) is 12.8 Å². The molecule has 2 bridgehead atoms. The number of hydrogen-bond donors (Lipinski definition) is 0. The number of ether oxygens (including phenoxy) is 1. The molecule has 1 fully saturated rings. The smallest absolute Gasteiger partial charge is 0.835 e. The molecule has 2 nitrogen and oxygen atoms in total. The van der Waals surface area contributed by atoms with Crippen LogP contribution in [0.25, 0.3) is 0 Å². The van der Waals surface area contributed by atoms with Crippen LogP contribution >= 0.6 is 0 Å². The minimum Gasteiger partial charge on any atom is -0.835 e. The zero-order valence-corrected chi connectivity index (χ0v) is 13.3. The van der Waals surface area contributed by atoms with Gasteiger partial charge in [0.2, 0.25) is 0 Å². The molecule has 0 spiro atoms. The van der Waals surface area contributed by atoms with Crippen LogP contribution in [0, 0.1) is 17.8 Å². The van der Waals surface area contributed by atoms with Gasteiger partial charge in [0.05, 0.1) is 6.61 Å². The van der Waals surface area contributed by atoms with Crippen LogP contribution in [0.5, 0.6) is 0 Å². The molecular formula is C12H13F6NaO2. The molecular weight excluding hydrogens is 313 g/mol. The number of rotatable bonds is 4. The summed E-state index contributed by atoms with van der Waals surface area (Å²) in [6, 6.07) is 0. The van der Waals surface area contributed by atoms with Crippen molar-refractivity contribution in [3.8, 4) is 0 Å². The van der Waals surface area contributed by atoms with Gasteiger partial charge in [0.1, 0.15) is 5.60 Å². The van der Waals surface area contributed by atoms with Crippen LogP contribution in [0.15, 0.2) is 12.2 Å². The van der Waals surface area contributed by atoms with E-state index in [9.17, 15) is 31.4 Å². The summed E-state index contributed by atoms with van der Waals surface area (Å²) in [6.07, 6.45) is -6.43. The minimum absolute atomic E-state index is 0. The second kappa shape index (κ2) is 6.39. The summed E-state index contributed by atoms with van der Waals surface area (Å²) in [5.41, 5.74) is -5.06. The Morgan fingerprint density at radius 1 is 1.00 bits per heavy atom. The van der Waals surface area contributed by atoms with Gasteiger partial charge in [-0.25, -0.2) is 0 Å². The molecule has 0 heterocycles. The van der Waals surface area contributed by atoms with Crippen LogP contribution in [0.2, 0.25) is 0 Å². The first-order valence-corrected chi connectivity index (χ1v) is 6.14. The molecule has 2 aliphatic rings. The van der Waals surface area contributed by atoms with Gasteiger partial charge in [-0.2, -0.15) is 26.3 Å². The molecule has 116 valence electrons. The van der Waals surface area contributed by atoms with E-state index in [0.717, 1.165) is 6.42 Å². The molecule has 0 aromatic carbocycles. The molecule has 0 aliphatic heterocycles. The summed E-state index contributed by atoms with van der Waals surface area (Å²) in [5, 5.41) is 11.1. The Morgan fingerprint density at radius 2 is 1.57 bits per heavy atom. The predicted molar refractivity (Wildman–Crippen MR) is 54.5 cm³/mol. The monoisotopic (exact) mass is 326 g/mol. The van der Waals surface area contributed by atoms with Crippen molar-refractivity contribution in [1.29, 1.82) is 0 Å². The van der Waals surface area contributed by atoms with Gasteiger partial charge in [-0.1, -0.05) is 12.2 Å². The molecule has 21 heavy (non-hydrogen) atoms. The van der Waals surface area contributed by atoms with Gasteiger partial charge in [-0.15, -0.1) is 0 Å². The van der Waals surface area contributed by atoms with Crippen LogP contribution in [-0.2, 0) is 4.74 Å². The summed E-state index contributed by atoms with van der Waals surface area (Å²) in [7, 11) is 0. The van der Waals surface area contributed by atoms with Crippen LogP contribution in [-0.4, -0.2) is 31.2 Å². The Hall–Kier alpha value is 0.240. The third kappa shape index (κ3) is 3.77. The molecule has 0 N–H and O–H groups in total. The normalized spacial score (nSPS) is 28.8. The van der Waals surface area contributed by atoms with E-state index in [4.69, 9.17) is 0 Å². The number of hydrogen-bond acceptors (Lipinski definition) is 2. The van der Waals surface area contributed by atoms with E-state index in [1.54, 1.807) is 0 Å². The van der Waals surface area contributed by atoms with Crippen molar-refractivity contribution < 1.29 is 65.7 Å². The van der Waals surface area contributed by atoms with Gasteiger partial charge in [-0.3, -0.25) is 0 Å². The molecule has 0 aromatic heterocycles. The number of halogens is 6. The maximum atomic E-state index is 12.3. The molecule has 2 rings (SSSR count). The molecule has 3 unspecified atom stereocenters. The van der Waals surface area contributed by atoms with Crippen molar-refractivity contribution in [3.05, 3.63) is 12.2 Å². The zero-order valence-electron chi connectivity index (χ0n) is 11.3. The van der Waals surface area contributed by atoms with E-state index in [-0.39, 0.29) is 48.0 Å². The van der Waals surface area contributed by atoms with Crippen molar-refractivity contribution in [2.45, 2.75) is 30.8 Å². The van der Waals surface area contributed by atoms with Gasteiger partial charge in [0.25, 0.3) is 0 Å². The maximum absolute atomic E-state index is 12.3. The second-order valence-electron chi connectivity index (χ2n) is 5.38. The van der Waals surface area contributed by atoms with Crippen molar-refractivity contribution in [2.24, 2.45) is 17.8 Å². The zero-order chi connectivity index (χ0) is 15.2. The van der Waals surface area contributed by atoms with E-state index in [0.29, 0.717) is 12.3 Å². The molecule has 0 aromatic rings. The SMILES string of the molecule is [Na+].[O-]C(COCC1CC2C=CC1C2)(C(F)(F)F)C(F)(F)F. The average molecular weight is 326 g/mol. The number of alkyl halides is 6. The van der Waals surface area contributed by atoms with Crippen molar-refractivity contribution in [3.63, 3.8) is 0 Å². The minimum atomic E-state index is -5.93. The van der Waals surface area contributed by atoms with Crippen molar-refractivity contribution in [1.82, 2.24) is 0 Å². The number of allylic oxidation sites excluding steroid dienone is 2. The van der Waals surface area contributed by atoms with Gasteiger partial charge in [-0.05, 0) is 30.6 Å². The van der Waals surface area contributed by atoms with E-state index < -0.39 is 24.6 Å². The first-order chi connectivity index (χ1) is 9.04. The van der Waals surface area contributed by atoms with Crippen LogP contribution in [0.3, 0.4) is 0 Å². The average Bonchev–Trinajstić information content (AvgIpc) is 2.87. The van der Waals surface area contributed by atoms with E-state index in [1.165, 1.54) is 0 Å². The summed E-state index contributed by atoms with van der Waals surface area (Å²) in [6.45, 7) is -2.18. The maximum Gasteiger partial charge on any atom is 1.00 e. The van der Waals surface area contributed by atoms with Crippen LogP contribution < -0.4 is 34.7 Å². The summed E-state index contributed by atoms with van der Waals surface area (Å²) in [5.74, 6) is 0.365. The summed E-state index contributed by atoms with van der Waals surface area (Å²) < 4.78 is 78.5. The fourth-order valence-corrected chi connectivity index (χ4v) is 2.76. The molecule has 2 aliphatic carbocycles. The molecule has 9 heteroatoms. The van der Waals surface area contributed by atoms with E-state index in [1.807, 2.05) is 12.2 Å². The van der Waals surface area contributed by atoms with E-state index in [2.05, 4.69) is 4.74 Å². The third-order valence-corrected chi connectivity index (χ3v) is 3.97. The van der Waals surface area contributed by atoms with Crippen LogP contribution in [0.4, 0.5) is 26.3 Å². The molecule has 3 atom stereocenters. The van der Waals surface area contributed by atoms with Gasteiger partial charge in [0, 0.05) is 6.61 Å². The Labute approximate surface area is 139 Å². The van der Waals surface area contributed by atoms with E-state index >= 15 is 0 Å². The Balaban J connectivity index is 0.00000220. The molecule has 0 amide bonds. The first kappa shape index (κ1) is 19.3. The fraction of sp³-hybridized carbons (Fsp3) is 0.833.